The van der Waals surface area contributed by atoms with Crippen molar-refractivity contribution in [2.75, 3.05) is 11.9 Å². The summed E-state index contributed by atoms with van der Waals surface area (Å²) in [5.74, 6) is -0.357. The van der Waals surface area contributed by atoms with Crippen LogP contribution in [0.4, 0.5) is 5.00 Å². The molecule has 0 saturated heterocycles. The van der Waals surface area contributed by atoms with Gasteiger partial charge in [0.05, 0.1) is 12.2 Å². The lowest BCUT2D eigenvalue weighted by Crippen LogP contribution is -2.30. The van der Waals surface area contributed by atoms with Crippen LogP contribution in [-0.4, -0.2) is 24.5 Å². The van der Waals surface area contributed by atoms with Gasteiger partial charge in [0, 0.05) is 6.04 Å². The highest BCUT2D eigenvalue weighted by molar-refractivity contribution is 7.14. The van der Waals surface area contributed by atoms with Crippen LogP contribution in [0.25, 0.3) is 0 Å². The minimum atomic E-state index is -0.628. The SMILES string of the molecule is O=C(NC1CC1)c1ccsc1NC(=O)C1OCCc2ccccc21. The van der Waals surface area contributed by atoms with Crippen LogP contribution in [0.15, 0.2) is 35.7 Å². The summed E-state index contributed by atoms with van der Waals surface area (Å²) in [5.41, 5.74) is 2.56. The van der Waals surface area contributed by atoms with Gasteiger partial charge in [-0.05, 0) is 41.8 Å². The summed E-state index contributed by atoms with van der Waals surface area (Å²) in [6.07, 6.45) is 2.25. The molecule has 2 aromatic rings. The summed E-state index contributed by atoms with van der Waals surface area (Å²) >= 11 is 1.35. The van der Waals surface area contributed by atoms with E-state index in [4.69, 9.17) is 4.74 Å². The topological polar surface area (TPSA) is 67.4 Å². The van der Waals surface area contributed by atoms with Crippen LogP contribution in [0, 0.1) is 0 Å². The molecule has 124 valence electrons. The number of benzene rings is 1. The number of carbonyl (C=O) groups is 2. The molecular formula is C18H18N2O3S. The number of ether oxygens (including phenoxy) is 1. The molecule has 2 amide bonds. The van der Waals surface area contributed by atoms with Gasteiger partial charge in [0.25, 0.3) is 11.8 Å². The highest BCUT2D eigenvalue weighted by atomic mass is 32.1. The summed E-state index contributed by atoms with van der Waals surface area (Å²) in [7, 11) is 0. The van der Waals surface area contributed by atoms with E-state index in [1.165, 1.54) is 11.3 Å². The highest BCUT2D eigenvalue weighted by Gasteiger charge is 2.29. The minimum Gasteiger partial charge on any atom is -0.363 e. The summed E-state index contributed by atoms with van der Waals surface area (Å²) < 4.78 is 5.68. The number of nitrogens with one attached hydrogen (secondary N) is 2. The Hall–Kier alpha value is -2.18. The number of fused-ring (bicyclic) bond motifs is 1. The molecule has 2 heterocycles. The zero-order valence-electron chi connectivity index (χ0n) is 13.1. The van der Waals surface area contributed by atoms with E-state index in [9.17, 15) is 9.59 Å². The number of amides is 2. The van der Waals surface area contributed by atoms with Crippen LogP contribution in [0.3, 0.4) is 0 Å². The van der Waals surface area contributed by atoms with Crippen molar-refractivity contribution in [2.45, 2.75) is 31.4 Å². The molecule has 1 saturated carbocycles. The number of hydrogen-bond acceptors (Lipinski definition) is 4. The van der Waals surface area contributed by atoms with Gasteiger partial charge in [-0.3, -0.25) is 9.59 Å². The van der Waals surface area contributed by atoms with Crippen molar-refractivity contribution in [1.29, 1.82) is 0 Å². The zero-order valence-corrected chi connectivity index (χ0v) is 13.9. The lowest BCUT2D eigenvalue weighted by molar-refractivity contribution is -0.128. The third-order valence-electron chi connectivity index (χ3n) is 4.29. The Labute approximate surface area is 144 Å². The third-order valence-corrected chi connectivity index (χ3v) is 5.12. The predicted octanol–water partition coefficient (Wildman–Crippen LogP) is 2.89. The fourth-order valence-corrected chi connectivity index (χ4v) is 3.65. The van der Waals surface area contributed by atoms with Crippen molar-refractivity contribution in [3.63, 3.8) is 0 Å². The van der Waals surface area contributed by atoms with E-state index in [-0.39, 0.29) is 17.9 Å². The Bertz CT molecular complexity index is 782. The monoisotopic (exact) mass is 342 g/mol. The third kappa shape index (κ3) is 3.07. The van der Waals surface area contributed by atoms with Gasteiger partial charge in [0.15, 0.2) is 6.10 Å². The van der Waals surface area contributed by atoms with Gasteiger partial charge in [-0.15, -0.1) is 11.3 Å². The number of carbonyl (C=O) groups excluding carboxylic acids is 2. The molecule has 0 bridgehead atoms. The van der Waals surface area contributed by atoms with Crippen LogP contribution >= 0.6 is 11.3 Å². The van der Waals surface area contributed by atoms with E-state index >= 15 is 0 Å². The molecule has 1 aromatic carbocycles. The summed E-state index contributed by atoms with van der Waals surface area (Å²) in [6.45, 7) is 0.522. The molecule has 1 fully saturated rings. The molecule has 1 aromatic heterocycles. The molecule has 0 radical (unpaired) electrons. The first-order valence-corrected chi connectivity index (χ1v) is 8.99. The largest absolute Gasteiger partial charge is 0.363 e. The van der Waals surface area contributed by atoms with Crippen LogP contribution in [0.2, 0.25) is 0 Å². The van der Waals surface area contributed by atoms with E-state index in [0.29, 0.717) is 17.2 Å². The maximum Gasteiger partial charge on any atom is 0.258 e. The number of hydrogen-bond donors (Lipinski definition) is 2. The highest BCUT2D eigenvalue weighted by Crippen LogP contribution is 2.30. The summed E-state index contributed by atoms with van der Waals surface area (Å²) in [6, 6.07) is 9.86. The Kier molecular flexibility index (Phi) is 4.08. The molecule has 6 heteroatoms. The van der Waals surface area contributed by atoms with Crippen LogP contribution in [0.5, 0.6) is 0 Å². The van der Waals surface area contributed by atoms with Gasteiger partial charge in [-0.2, -0.15) is 0 Å². The first-order chi connectivity index (χ1) is 11.7. The molecule has 4 rings (SSSR count). The van der Waals surface area contributed by atoms with Crippen molar-refractivity contribution in [3.05, 3.63) is 52.4 Å². The first-order valence-electron chi connectivity index (χ1n) is 8.11. The first kappa shape index (κ1) is 15.4. The van der Waals surface area contributed by atoms with Crippen LogP contribution in [0.1, 0.15) is 40.4 Å². The van der Waals surface area contributed by atoms with Gasteiger partial charge < -0.3 is 15.4 Å². The average molecular weight is 342 g/mol. The van der Waals surface area contributed by atoms with Gasteiger partial charge in [0.2, 0.25) is 0 Å². The molecule has 0 spiro atoms. The zero-order chi connectivity index (χ0) is 16.5. The lowest BCUT2D eigenvalue weighted by Gasteiger charge is -2.25. The molecule has 5 nitrogen and oxygen atoms in total. The summed E-state index contributed by atoms with van der Waals surface area (Å²) in [5, 5.41) is 8.21. The van der Waals surface area contributed by atoms with Crippen LogP contribution < -0.4 is 10.6 Å². The van der Waals surface area contributed by atoms with E-state index in [1.54, 1.807) is 6.07 Å². The smallest absolute Gasteiger partial charge is 0.258 e. The quantitative estimate of drug-likeness (QED) is 0.898. The molecular weight excluding hydrogens is 324 g/mol. The second-order valence-corrected chi connectivity index (χ2v) is 7.02. The fraction of sp³-hybridized carbons (Fsp3) is 0.333. The second-order valence-electron chi connectivity index (χ2n) is 6.10. The van der Waals surface area contributed by atoms with Gasteiger partial charge in [-0.25, -0.2) is 0 Å². The van der Waals surface area contributed by atoms with E-state index < -0.39 is 6.10 Å². The maximum absolute atomic E-state index is 12.7. The molecule has 1 atom stereocenters. The normalized spacial score (nSPS) is 19.4. The van der Waals surface area contributed by atoms with Crippen LogP contribution in [-0.2, 0) is 16.0 Å². The molecule has 24 heavy (non-hydrogen) atoms. The summed E-state index contributed by atoms with van der Waals surface area (Å²) in [4.78, 5) is 24.9. The van der Waals surface area contributed by atoms with Crippen molar-refractivity contribution in [3.8, 4) is 0 Å². The van der Waals surface area contributed by atoms with Crippen molar-refractivity contribution in [2.24, 2.45) is 0 Å². The molecule has 1 aliphatic carbocycles. The van der Waals surface area contributed by atoms with Gasteiger partial charge in [0.1, 0.15) is 5.00 Å². The number of thiophene rings is 1. The second kappa shape index (κ2) is 6.37. The minimum absolute atomic E-state index is 0.126. The van der Waals surface area contributed by atoms with Crippen molar-refractivity contribution in [1.82, 2.24) is 5.32 Å². The number of anilines is 1. The predicted molar refractivity (Wildman–Crippen MR) is 92.3 cm³/mol. The Morgan fingerprint density at radius 3 is 2.83 bits per heavy atom. The lowest BCUT2D eigenvalue weighted by atomic mass is 9.97. The van der Waals surface area contributed by atoms with E-state index in [1.807, 2.05) is 29.6 Å². The Balaban J connectivity index is 1.51. The van der Waals surface area contributed by atoms with E-state index in [0.717, 1.165) is 30.4 Å². The van der Waals surface area contributed by atoms with Gasteiger partial charge in [-0.1, -0.05) is 24.3 Å². The van der Waals surface area contributed by atoms with Crippen molar-refractivity contribution >= 4 is 28.2 Å². The average Bonchev–Trinajstić information content (AvgIpc) is 3.29. The Morgan fingerprint density at radius 2 is 2.00 bits per heavy atom. The molecule has 1 aliphatic heterocycles. The molecule has 2 aliphatic rings. The fourth-order valence-electron chi connectivity index (χ4n) is 2.86. The standard InChI is InChI=1S/C18H18N2O3S/c21-16(19-12-5-6-12)14-8-10-24-18(14)20-17(22)15-13-4-2-1-3-11(13)7-9-23-15/h1-4,8,10,12,15H,5-7,9H2,(H,19,21)(H,20,22). The van der Waals surface area contributed by atoms with Gasteiger partial charge >= 0.3 is 0 Å². The molecule has 1 unspecified atom stereocenters. The number of rotatable bonds is 4. The van der Waals surface area contributed by atoms with E-state index in [2.05, 4.69) is 10.6 Å². The molecule has 2 N–H and O–H groups in total. The Morgan fingerprint density at radius 1 is 1.17 bits per heavy atom. The maximum atomic E-state index is 12.7. The van der Waals surface area contributed by atoms with Crippen molar-refractivity contribution < 1.29 is 14.3 Å².